The van der Waals surface area contributed by atoms with E-state index in [1.807, 2.05) is 0 Å². The second-order valence-electron chi connectivity index (χ2n) is 6.04. The van der Waals surface area contributed by atoms with E-state index < -0.39 is 38.9 Å². The van der Waals surface area contributed by atoms with Crippen LogP contribution in [-0.2, 0) is 8.87 Å². The highest BCUT2D eigenvalue weighted by molar-refractivity contribution is 8.83. The summed E-state index contributed by atoms with van der Waals surface area (Å²) in [7, 11) is -7.07. The minimum atomic E-state index is -5.54. The van der Waals surface area contributed by atoms with E-state index in [-0.39, 0.29) is 17.2 Å². The van der Waals surface area contributed by atoms with Crippen molar-refractivity contribution in [2.24, 2.45) is 5.41 Å². The van der Waals surface area contributed by atoms with Crippen molar-refractivity contribution in [1.82, 2.24) is 0 Å². The number of hydrogen-bond donors (Lipinski definition) is 0. The zero-order chi connectivity index (χ0) is 17.7. The van der Waals surface area contributed by atoms with Crippen LogP contribution in [0.1, 0.15) is 20.8 Å². The maximum Gasteiger partial charge on any atom is 0.403 e. The van der Waals surface area contributed by atoms with Crippen molar-refractivity contribution < 1.29 is 34.8 Å². The average Bonchev–Trinajstić information content (AvgIpc) is 2.07. The summed E-state index contributed by atoms with van der Waals surface area (Å²) < 4.78 is 102. The fraction of sp³-hybridized carbons (Fsp3) is 1.00. The molecule has 0 amide bonds. The Morgan fingerprint density at radius 2 is 1.14 bits per heavy atom. The van der Waals surface area contributed by atoms with E-state index in [0.717, 1.165) is 20.1 Å². The summed E-state index contributed by atoms with van der Waals surface area (Å²) in [5.41, 5.74) is -4.00. The Hall–Kier alpha value is 0.0969. The number of hydrogen-bond acceptors (Lipinski definition) is 3. The van der Waals surface area contributed by atoms with E-state index >= 15 is 0 Å². The normalized spacial score (nSPS) is 16.2. The molecule has 21 heavy (non-hydrogen) atoms. The third kappa shape index (κ3) is 3.71. The van der Waals surface area contributed by atoms with Gasteiger partial charge in [-0.1, -0.05) is 37.2 Å². The largest absolute Gasteiger partial charge is 0.403 e. The minimum absolute atomic E-state index is 0.102. The fourth-order valence-electron chi connectivity index (χ4n) is 1.95. The topological polar surface area (TPSA) is 34.1 Å². The Morgan fingerprint density at radius 1 is 0.857 bits per heavy atom. The minimum Gasteiger partial charge on any atom is -0.218 e. The predicted molar refractivity (Wildman–Crippen MR) is 74.2 cm³/mol. The Balaban J connectivity index is 6.28. The lowest BCUT2D eigenvalue weighted by atomic mass is 9.76. The molecule has 0 heterocycles. The summed E-state index contributed by atoms with van der Waals surface area (Å²) in [6.45, 7) is 4.20. The molecule has 0 bridgehead atoms. The highest BCUT2D eigenvalue weighted by Gasteiger charge is 2.76. The van der Waals surface area contributed by atoms with Crippen molar-refractivity contribution in [3.8, 4) is 0 Å². The van der Waals surface area contributed by atoms with Crippen LogP contribution in [0, 0.1) is 5.41 Å². The van der Waals surface area contributed by atoms with Crippen molar-refractivity contribution in [2.45, 2.75) is 51.3 Å². The number of halogens is 6. The van der Waals surface area contributed by atoms with Crippen LogP contribution in [0.4, 0.5) is 26.3 Å². The van der Waals surface area contributed by atoms with Gasteiger partial charge in [0.05, 0.1) is 0 Å². The molecule has 0 atom stereocenters. The van der Waals surface area contributed by atoms with Gasteiger partial charge in [0.2, 0.25) is 0 Å². The zero-order valence-corrected chi connectivity index (χ0v) is 15.0. The summed E-state index contributed by atoms with van der Waals surface area (Å²) in [5, 5.41) is -2.30. The van der Waals surface area contributed by atoms with E-state index in [2.05, 4.69) is 0 Å². The summed E-state index contributed by atoms with van der Waals surface area (Å²) in [5.74, 6) is 0. The second kappa shape index (κ2) is 5.33. The van der Waals surface area contributed by atoms with Crippen LogP contribution in [0.3, 0.4) is 0 Å². The molecule has 0 unspecified atom stereocenters. The van der Waals surface area contributed by atoms with Gasteiger partial charge in [0, 0.05) is 6.26 Å². The quantitative estimate of drug-likeness (QED) is 0.402. The highest BCUT2D eigenvalue weighted by Crippen LogP contribution is 2.68. The molecule has 0 aliphatic carbocycles. The first-order valence-electron chi connectivity index (χ1n) is 5.75. The fourth-order valence-corrected chi connectivity index (χ4v) is 16.6. The van der Waals surface area contributed by atoms with Gasteiger partial charge < -0.3 is 0 Å². The van der Waals surface area contributed by atoms with Crippen molar-refractivity contribution in [1.29, 1.82) is 0 Å². The van der Waals surface area contributed by atoms with E-state index in [9.17, 15) is 34.8 Å². The first-order chi connectivity index (χ1) is 8.71. The summed E-state index contributed by atoms with van der Waals surface area (Å²) in [4.78, 5) is 0. The van der Waals surface area contributed by atoms with Crippen molar-refractivity contribution in [3.63, 3.8) is 0 Å². The van der Waals surface area contributed by atoms with Crippen LogP contribution in [0.25, 0.3) is 0 Å². The SMILES string of the molecule is CC(C(F)(F)F)(C(F)(F)F)C(C)(C)[Si](C)(C)SS(C)(=O)=O. The van der Waals surface area contributed by atoms with E-state index in [0.29, 0.717) is 0 Å². The van der Waals surface area contributed by atoms with Crippen LogP contribution < -0.4 is 0 Å². The van der Waals surface area contributed by atoms with Gasteiger partial charge in [0.15, 0.2) is 14.3 Å². The first-order valence-corrected chi connectivity index (χ1v) is 12.7. The number of rotatable bonds is 4. The van der Waals surface area contributed by atoms with Crippen LogP contribution in [0.15, 0.2) is 0 Å². The Labute approximate surface area is 124 Å². The molecule has 2 nitrogen and oxygen atoms in total. The van der Waals surface area contributed by atoms with Crippen molar-refractivity contribution in [2.75, 3.05) is 6.26 Å². The Bertz CT molecular complexity index is 479. The smallest absolute Gasteiger partial charge is 0.218 e. The summed E-state index contributed by atoms with van der Waals surface area (Å²) in [6, 6.07) is 0. The number of alkyl halides is 6. The van der Waals surface area contributed by atoms with Crippen molar-refractivity contribution in [3.05, 3.63) is 0 Å². The van der Waals surface area contributed by atoms with Gasteiger partial charge in [-0.2, -0.15) is 26.3 Å². The van der Waals surface area contributed by atoms with Crippen LogP contribution in [-0.4, -0.2) is 34.2 Å². The van der Waals surface area contributed by atoms with Gasteiger partial charge in [-0.3, -0.25) is 0 Å². The molecule has 11 heteroatoms. The molecule has 0 N–H and O–H groups in total. The highest BCUT2D eigenvalue weighted by atomic mass is 33.2. The molecular weight excluding hydrogens is 358 g/mol. The van der Waals surface area contributed by atoms with Gasteiger partial charge in [-0.05, 0) is 12.0 Å². The lowest BCUT2D eigenvalue weighted by molar-refractivity contribution is -0.345. The van der Waals surface area contributed by atoms with E-state index in [1.54, 1.807) is 0 Å². The molecule has 0 saturated heterocycles. The van der Waals surface area contributed by atoms with Crippen LogP contribution in [0.5, 0.6) is 0 Å². The van der Waals surface area contributed by atoms with Gasteiger partial charge >= 0.3 is 12.4 Å². The van der Waals surface area contributed by atoms with Crippen LogP contribution in [0.2, 0.25) is 18.1 Å². The summed E-state index contributed by atoms with van der Waals surface area (Å²) in [6.07, 6.45) is -10.3. The molecular formula is C10H18F6O2S2Si. The van der Waals surface area contributed by atoms with Gasteiger partial charge in [0.1, 0.15) is 7.22 Å². The van der Waals surface area contributed by atoms with E-state index in [1.165, 1.54) is 13.1 Å². The van der Waals surface area contributed by atoms with E-state index in [4.69, 9.17) is 0 Å². The first kappa shape index (κ1) is 21.1. The molecule has 0 aromatic carbocycles. The predicted octanol–water partition coefficient (Wildman–Crippen LogP) is 4.80. The zero-order valence-electron chi connectivity index (χ0n) is 12.4. The Kier molecular flexibility index (Phi) is 5.35. The molecule has 0 spiro atoms. The lowest BCUT2D eigenvalue weighted by Crippen LogP contribution is -2.60. The van der Waals surface area contributed by atoms with Gasteiger partial charge in [0.25, 0.3) is 0 Å². The average molecular weight is 376 g/mol. The molecule has 0 aliphatic heterocycles. The molecule has 0 radical (unpaired) electrons. The molecule has 0 rings (SSSR count). The maximum atomic E-state index is 13.2. The van der Waals surface area contributed by atoms with Gasteiger partial charge in [-0.25, -0.2) is 8.42 Å². The molecule has 0 fully saturated rings. The standard InChI is InChI=1S/C10H18F6O2S2Si/c1-7(2,21(5,6)19-20(4,17)18)8(3,9(11,12)13)10(14,15)16/h1-6H3. The third-order valence-electron chi connectivity index (χ3n) is 4.25. The van der Waals surface area contributed by atoms with Crippen molar-refractivity contribution >= 4 is 26.3 Å². The van der Waals surface area contributed by atoms with Crippen LogP contribution >= 0.6 is 10.2 Å². The Morgan fingerprint density at radius 3 is 1.33 bits per heavy atom. The lowest BCUT2D eigenvalue weighted by Gasteiger charge is -2.52. The van der Waals surface area contributed by atoms with Gasteiger partial charge in [-0.15, -0.1) is 0 Å². The maximum absolute atomic E-state index is 13.2. The summed E-state index contributed by atoms with van der Waals surface area (Å²) >= 11 is 0. The molecule has 128 valence electrons. The molecule has 0 aromatic rings. The third-order valence-corrected chi connectivity index (χ3v) is 18.6. The molecule has 0 saturated carbocycles. The molecule has 0 aromatic heterocycles. The monoisotopic (exact) mass is 376 g/mol. The second-order valence-corrected chi connectivity index (χ2v) is 18.8. The molecule has 0 aliphatic rings.